The zero-order valence-corrected chi connectivity index (χ0v) is 14.8. The molecule has 1 aliphatic rings. The summed E-state index contributed by atoms with van der Waals surface area (Å²) in [6.07, 6.45) is 9.81. The lowest BCUT2D eigenvalue weighted by Crippen LogP contribution is -2.23. The normalized spacial score (nSPS) is 14.0. The minimum atomic E-state index is -0.0805. The summed E-state index contributed by atoms with van der Waals surface area (Å²) < 4.78 is 3.60. The zero-order chi connectivity index (χ0) is 17.9. The van der Waals surface area contributed by atoms with Crippen molar-refractivity contribution in [2.75, 3.05) is 25.0 Å². The molecule has 0 saturated carbocycles. The van der Waals surface area contributed by atoms with Crippen LogP contribution in [0.2, 0.25) is 0 Å². The summed E-state index contributed by atoms with van der Waals surface area (Å²) in [6.45, 7) is 2.47. The predicted molar refractivity (Wildman–Crippen MR) is 100 cm³/mol. The first-order valence-corrected chi connectivity index (χ1v) is 8.87. The molecule has 1 fully saturated rings. The molecule has 2 aromatic heterocycles. The number of aromatic nitrogens is 4. The van der Waals surface area contributed by atoms with Crippen LogP contribution in [0.25, 0.3) is 17.1 Å². The van der Waals surface area contributed by atoms with Crippen molar-refractivity contribution in [2.45, 2.75) is 19.4 Å². The molecule has 0 aliphatic carbocycles. The van der Waals surface area contributed by atoms with E-state index in [0.29, 0.717) is 0 Å². The summed E-state index contributed by atoms with van der Waals surface area (Å²) in [5, 5.41) is 6.86. The Kier molecular flexibility index (Phi) is 4.43. The van der Waals surface area contributed by atoms with E-state index in [9.17, 15) is 4.79 Å². The Morgan fingerprint density at radius 3 is 2.65 bits per heavy atom. The second-order valence-corrected chi connectivity index (χ2v) is 6.43. The fourth-order valence-corrected chi connectivity index (χ4v) is 3.31. The van der Waals surface area contributed by atoms with E-state index in [1.807, 2.05) is 17.0 Å². The SMILES string of the molecule is CNC(=O)Cn1cc(-n2ccnc2-c2ccc(N3CCCC3)cc2)cn1. The van der Waals surface area contributed by atoms with Crippen LogP contribution in [0.1, 0.15) is 12.8 Å². The summed E-state index contributed by atoms with van der Waals surface area (Å²) in [6, 6.07) is 8.55. The van der Waals surface area contributed by atoms with Crippen LogP contribution in [0.3, 0.4) is 0 Å². The Hall–Kier alpha value is -3.09. The van der Waals surface area contributed by atoms with Crippen LogP contribution in [-0.2, 0) is 11.3 Å². The predicted octanol–water partition coefficient (Wildman–Crippen LogP) is 2.08. The maximum absolute atomic E-state index is 11.5. The number of amides is 1. The van der Waals surface area contributed by atoms with Crippen LogP contribution in [0, 0.1) is 0 Å². The van der Waals surface area contributed by atoms with Gasteiger partial charge in [-0.15, -0.1) is 0 Å². The van der Waals surface area contributed by atoms with Crippen molar-refractivity contribution in [3.05, 3.63) is 49.1 Å². The van der Waals surface area contributed by atoms with Gasteiger partial charge in [-0.1, -0.05) is 0 Å². The van der Waals surface area contributed by atoms with Crippen LogP contribution >= 0.6 is 0 Å². The van der Waals surface area contributed by atoms with Crippen LogP contribution < -0.4 is 10.2 Å². The monoisotopic (exact) mass is 350 g/mol. The Morgan fingerprint density at radius 1 is 1.15 bits per heavy atom. The lowest BCUT2D eigenvalue weighted by atomic mass is 10.2. The molecule has 0 atom stereocenters. The number of imidazole rings is 1. The first kappa shape index (κ1) is 16.4. The Bertz CT molecular complexity index is 889. The lowest BCUT2D eigenvalue weighted by molar-refractivity contribution is -0.121. The molecule has 1 aromatic carbocycles. The van der Waals surface area contributed by atoms with Gasteiger partial charge in [-0.2, -0.15) is 5.10 Å². The topological polar surface area (TPSA) is 68.0 Å². The molecule has 4 rings (SSSR count). The number of benzene rings is 1. The third-order valence-electron chi connectivity index (χ3n) is 4.72. The van der Waals surface area contributed by atoms with Crippen molar-refractivity contribution in [1.82, 2.24) is 24.6 Å². The number of hydrogen-bond acceptors (Lipinski definition) is 4. The average molecular weight is 350 g/mol. The quantitative estimate of drug-likeness (QED) is 0.765. The van der Waals surface area contributed by atoms with Crippen molar-refractivity contribution in [3.8, 4) is 17.1 Å². The highest BCUT2D eigenvalue weighted by atomic mass is 16.1. The third-order valence-corrected chi connectivity index (χ3v) is 4.72. The van der Waals surface area contributed by atoms with E-state index in [2.05, 4.69) is 44.6 Å². The molecule has 0 unspecified atom stereocenters. The van der Waals surface area contributed by atoms with Gasteiger partial charge < -0.3 is 10.2 Å². The first-order chi connectivity index (χ1) is 12.7. The summed E-state index contributed by atoms with van der Waals surface area (Å²) in [5.41, 5.74) is 3.20. The maximum Gasteiger partial charge on any atom is 0.241 e. The van der Waals surface area contributed by atoms with Crippen molar-refractivity contribution in [1.29, 1.82) is 0 Å². The number of carbonyl (C=O) groups excluding carboxylic acids is 1. The number of likely N-dealkylation sites (N-methyl/N-ethyl adjacent to an activating group) is 1. The van der Waals surface area contributed by atoms with Crippen molar-refractivity contribution in [3.63, 3.8) is 0 Å². The highest BCUT2D eigenvalue weighted by Crippen LogP contribution is 2.26. The summed E-state index contributed by atoms with van der Waals surface area (Å²) >= 11 is 0. The Balaban J connectivity index is 1.58. The summed E-state index contributed by atoms with van der Waals surface area (Å²) in [7, 11) is 1.62. The molecule has 3 aromatic rings. The number of carbonyl (C=O) groups is 1. The second-order valence-electron chi connectivity index (χ2n) is 6.43. The molecule has 0 radical (unpaired) electrons. The van der Waals surface area contributed by atoms with Gasteiger partial charge in [-0.05, 0) is 37.1 Å². The van der Waals surface area contributed by atoms with Crippen LogP contribution in [0.5, 0.6) is 0 Å². The molecule has 0 bridgehead atoms. The molecule has 134 valence electrons. The molecule has 1 aliphatic heterocycles. The minimum absolute atomic E-state index is 0.0805. The van der Waals surface area contributed by atoms with Gasteiger partial charge in [0.25, 0.3) is 0 Å². The molecular weight excluding hydrogens is 328 g/mol. The number of hydrogen-bond donors (Lipinski definition) is 1. The number of rotatable bonds is 5. The van der Waals surface area contributed by atoms with Crippen LogP contribution in [0.15, 0.2) is 49.1 Å². The first-order valence-electron chi connectivity index (χ1n) is 8.87. The van der Waals surface area contributed by atoms with Crippen LogP contribution in [-0.4, -0.2) is 45.4 Å². The van der Waals surface area contributed by atoms with Crippen molar-refractivity contribution >= 4 is 11.6 Å². The van der Waals surface area contributed by atoms with Gasteiger partial charge in [-0.25, -0.2) is 4.98 Å². The van der Waals surface area contributed by atoms with E-state index in [4.69, 9.17) is 0 Å². The zero-order valence-electron chi connectivity index (χ0n) is 14.8. The van der Waals surface area contributed by atoms with Gasteiger partial charge in [0.2, 0.25) is 5.91 Å². The highest BCUT2D eigenvalue weighted by Gasteiger charge is 2.14. The van der Waals surface area contributed by atoms with Gasteiger partial charge in [0.05, 0.1) is 11.9 Å². The number of anilines is 1. The molecule has 26 heavy (non-hydrogen) atoms. The number of nitrogens with one attached hydrogen (secondary N) is 1. The Labute approximate surface area is 152 Å². The average Bonchev–Trinajstić information content (AvgIpc) is 3.42. The van der Waals surface area contributed by atoms with Crippen molar-refractivity contribution < 1.29 is 4.79 Å². The fourth-order valence-electron chi connectivity index (χ4n) is 3.31. The van der Waals surface area contributed by atoms with Gasteiger partial charge in [0, 0.05) is 50.0 Å². The van der Waals surface area contributed by atoms with Gasteiger partial charge in [-0.3, -0.25) is 14.0 Å². The second kappa shape index (κ2) is 7.03. The third kappa shape index (κ3) is 3.20. The molecule has 7 heteroatoms. The van der Waals surface area contributed by atoms with E-state index in [-0.39, 0.29) is 12.5 Å². The fraction of sp³-hybridized carbons (Fsp3) is 0.316. The molecular formula is C19H22N6O. The molecule has 1 amide bonds. The smallest absolute Gasteiger partial charge is 0.241 e. The molecule has 0 spiro atoms. The lowest BCUT2D eigenvalue weighted by Gasteiger charge is -2.17. The van der Waals surface area contributed by atoms with E-state index in [1.54, 1.807) is 24.1 Å². The highest BCUT2D eigenvalue weighted by molar-refractivity contribution is 5.75. The largest absolute Gasteiger partial charge is 0.372 e. The molecule has 1 saturated heterocycles. The van der Waals surface area contributed by atoms with E-state index in [1.165, 1.54) is 18.5 Å². The molecule has 7 nitrogen and oxygen atoms in total. The van der Waals surface area contributed by atoms with E-state index in [0.717, 1.165) is 30.2 Å². The van der Waals surface area contributed by atoms with E-state index >= 15 is 0 Å². The molecule has 3 heterocycles. The van der Waals surface area contributed by atoms with Gasteiger partial charge in [0.1, 0.15) is 12.4 Å². The van der Waals surface area contributed by atoms with Gasteiger partial charge >= 0.3 is 0 Å². The summed E-state index contributed by atoms with van der Waals surface area (Å²) in [5.74, 6) is 0.778. The number of nitrogens with zero attached hydrogens (tertiary/aromatic N) is 5. The van der Waals surface area contributed by atoms with E-state index < -0.39 is 0 Å². The Morgan fingerprint density at radius 2 is 1.92 bits per heavy atom. The minimum Gasteiger partial charge on any atom is -0.372 e. The molecule has 1 N–H and O–H groups in total. The van der Waals surface area contributed by atoms with Gasteiger partial charge in [0.15, 0.2) is 0 Å². The maximum atomic E-state index is 11.5. The summed E-state index contributed by atoms with van der Waals surface area (Å²) in [4.78, 5) is 18.4. The standard InChI is InChI=1S/C19H22N6O/c1-20-18(26)14-24-13-17(12-22-24)25-11-8-21-19(25)15-4-6-16(7-5-15)23-9-2-3-10-23/h4-8,11-13H,2-3,9-10,14H2,1H3,(H,20,26). The van der Waals surface area contributed by atoms with Crippen molar-refractivity contribution in [2.24, 2.45) is 0 Å². The van der Waals surface area contributed by atoms with Crippen LogP contribution in [0.4, 0.5) is 5.69 Å².